The first-order chi connectivity index (χ1) is 13.1. The fourth-order valence-electron chi connectivity index (χ4n) is 2.64. The molecule has 0 aliphatic heterocycles. The van der Waals surface area contributed by atoms with Crippen LogP contribution in [0.1, 0.15) is 0 Å². The van der Waals surface area contributed by atoms with Crippen LogP contribution in [0.5, 0.6) is 11.5 Å². The molecule has 0 fully saturated rings. The monoisotopic (exact) mass is 365 g/mol. The number of methoxy groups -OCH3 is 2. The standard InChI is InChI=1S/C20H19N3O4/c1-26-17-9-5-3-7-14(17)16-11-20(25)23(13-21-16)12-19(24)22-15-8-4-6-10-18(15)27-2/h3-11,13H,12H2,1-2H3,(H,22,24). The van der Waals surface area contributed by atoms with Gasteiger partial charge in [-0.1, -0.05) is 24.3 Å². The summed E-state index contributed by atoms with van der Waals surface area (Å²) in [6.07, 6.45) is 1.35. The smallest absolute Gasteiger partial charge is 0.254 e. The predicted molar refractivity (Wildman–Crippen MR) is 102 cm³/mol. The van der Waals surface area contributed by atoms with E-state index in [4.69, 9.17) is 9.47 Å². The van der Waals surface area contributed by atoms with E-state index < -0.39 is 0 Å². The number of ether oxygens (including phenoxy) is 2. The highest BCUT2D eigenvalue weighted by Gasteiger charge is 2.11. The number of hydrogen-bond acceptors (Lipinski definition) is 5. The van der Waals surface area contributed by atoms with Crippen LogP contribution in [0.2, 0.25) is 0 Å². The van der Waals surface area contributed by atoms with Gasteiger partial charge < -0.3 is 14.8 Å². The number of carbonyl (C=O) groups is 1. The van der Waals surface area contributed by atoms with Crippen LogP contribution in [0.3, 0.4) is 0 Å². The molecule has 0 spiro atoms. The SMILES string of the molecule is COc1ccccc1NC(=O)Cn1cnc(-c2ccccc2OC)cc1=O. The van der Waals surface area contributed by atoms with E-state index >= 15 is 0 Å². The normalized spacial score (nSPS) is 10.3. The predicted octanol–water partition coefficient (Wildman–Crippen LogP) is 2.57. The van der Waals surface area contributed by atoms with E-state index in [1.807, 2.05) is 18.2 Å². The molecule has 3 rings (SSSR count). The summed E-state index contributed by atoms with van der Waals surface area (Å²) in [6.45, 7) is -0.157. The second-order valence-electron chi connectivity index (χ2n) is 5.69. The minimum Gasteiger partial charge on any atom is -0.496 e. The molecule has 27 heavy (non-hydrogen) atoms. The Hall–Kier alpha value is -3.61. The molecule has 3 aromatic rings. The summed E-state index contributed by atoms with van der Waals surface area (Å²) in [7, 11) is 3.08. The van der Waals surface area contributed by atoms with Gasteiger partial charge in [-0.2, -0.15) is 0 Å². The molecule has 0 radical (unpaired) electrons. The zero-order chi connectivity index (χ0) is 19.2. The van der Waals surface area contributed by atoms with E-state index in [-0.39, 0.29) is 18.0 Å². The highest BCUT2D eigenvalue weighted by Crippen LogP contribution is 2.27. The molecule has 0 unspecified atom stereocenters. The molecular formula is C20H19N3O4. The summed E-state index contributed by atoms with van der Waals surface area (Å²) in [5.74, 6) is 0.812. The Morgan fingerprint density at radius 1 is 1.04 bits per heavy atom. The lowest BCUT2D eigenvalue weighted by molar-refractivity contribution is -0.116. The largest absolute Gasteiger partial charge is 0.496 e. The van der Waals surface area contributed by atoms with Crippen LogP contribution in [-0.4, -0.2) is 29.7 Å². The third kappa shape index (κ3) is 4.14. The summed E-state index contributed by atoms with van der Waals surface area (Å²) in [5.41, 5.74) is 1.40. The van der Waals surface area contributed by atoms with Gasteiger partial charge in [0.15, 0.2) is 0 Å². The van der Waals surface area contributed by atoms with Gasteiger partial charge in [-0.15, -0.1) is 0 Å². The van der Waals surface area contributed by atoms with Gasteiger partial charge in [0.2, 0.25) is 5.91 Å². The van der Waals surface area contributed by atoms with E-state index in [1.165, 1.54) is 24.1 Å². The zero-order valence-corrected chi connectivity index (χ0v) is 15.0. The second-order valence-corrected chi connectivity index (χ2v) is 5.69. The van der Waals surface area contributed by atoms with E-state index in [1.54, 1.807) is 37.4 Å². The summed E-state index contributed by atoms with van der Waals surface area (Å²) in [5, 5.41) is 2.73. The fourth-order valence-corrected chi connectivity index (χ4v) is 2.64. The van der Waals surface area contributed by atoms with Gasteiger partial charge in [-0.05, 0) is 24.3 Å². The van der Waals surface area contributed by atoms with Crippen molar-refractivity contribution < 1.29 is 14.3 Å². The number of rotatable bonds is 6. The second kappa shape index (κ2) is 8.18. The van der Waals surface area contributed by atoms with E-state index in [0.29, 0.717) is 28.4 Å². The summed E-state index contributed by atoms with van der Waals surface area (Å²) < 4.78 is 11.7. The van der Waals surface area contributed by atoms with Crippen LogP contribution in [0.25, 0.3) is 11.3 Å². The number of anilines is 1. The van der Waals surface area contributed by atoms with Gasteiger partial charge in [0.05, 0.1) is 31.9 Å². The van der Waals surface area contributed by atoms with Gasteiger partial charge in [0, 0.05) is 11.6 Å². The Morgan fingerprint density at radius 2 is 1.70 bits per heavy atom. The molecule has 7 nitrogen and oxygen atoms in total. The quantitative estimate of drug-likeness (QED) is 0.726. The minimum atomic E-state index is -0.353. The van der Waals surface area contributed by atoms with Crippen molar-refractivity contribution in [3.8, 4) is 22.8 Å². The maximum atomic E-state index is 12.4. The lowest BCUT2D eigenvalue weighted by atomic mass is 10.1. The van der Waals surface area contributed by atoms with Gasteiger partial charge in [0.1, 0.15) is 18.0 Å². The van der Waals surface area contributed by atoms with Crippen molar-refractivity contribution in [2.45, 2.75) is 6.54 Å². The molecule has 0 saturated carbocycles. The number of carbonyl (C=O) groups excluding carboxylic acids is 1. The average Bonchev–Trinajstić information content (AvgIpc) is 2.70. The summed E-state index contributed by atoms with van der Waals surface area (Å²) in [6, 6.07) is 15.7. The Morgan fingerprint density at radius 3 is 2.41 bits per heavy atom. The van der Waals surface area contributed by atoms with Crippen LogP contribution in [0, 0.1) is 0 Å². The van der Waals surface area contributed by atoms with Gasteiger partial charge in [-0.3, -0.25) is 14.2 Å². The Labute approximate surface area is 156 Å². The lowest BCUT2D eigenvalue weighted by Gasteiger charge is -2.11. The maximum absolute atomic E-state index is 12.4. The number of nitrogens with zero attached hydrogens (tertiary/aromatic N) is 2. The molecule has 1 aromatic heterocycles. The molecule has 2 aromatic carbocycles. The van der Waals surface area contributed by atoms with Crippen LogP contribution in [0.15, 0.2) is 65.7 Å². The molecule has 0 saturated heterocycles. The van der Waals surface area contributed by atoms with Gasteiger partial charge in [-0.25, -0.2) is 4.98 Å². The van der Waals surface area contributed by atoms with Crippen molar-refractivity contribution in [3.05, 3.63) is 71.3 Å². The number of nitrogens with one attached hydrogen (secondary N) is 1. The van der Waals surface area contributed by atoms with Crippen molar-refractivity contribution in [2.24, 2.45) is 0 Å². The first kappa shape index (κ1) is 18.2. The molecule has 138 valence electrons. The van der Waals surface area contributed by atoms with Crippen LogP contribution in [-0.2, 0) is 11.3 Å². The highest BCUT2D eigenvalue weighted by atomic mass is 16.5. The first-order valence-corrected chi connectivity index (χ1v) is 8.25. The number of benzene rings is 2. The van der Waals surface area contributed by atoms with Crippen LogP contribution >= 0.6 is 0 Å². The first-order valence-electron chi connectivity index (χ1n) is 8.25. The van der Waals surface area contributed by atoms with Crippen molar-refractivity contribution >= 4 is 11.6 Å². The van der Waals surface area contributed by atoms with Crippen LogP contribution in [0.4, 0.5) is 5.69 Å². The van der Waals surface area contributed by atoms with E-state index in [2.05, 4.69) is 10.3 Å². The Balaban J connectivity index is 1.78. The van der Waals surface area contributed by atoms with E-state index in [9.17, 15) is 9.59 Å². The summed E-state index contributed by atoms with van der Waals surface area (Å²) >= 11 is 0. The number of amides is 1. The number of aromatic nitrogens is 2. The zero-order valence-electron chi connectivity index (χ0n) is 15.0. The van der Waals surface area contributed by atoms with Crippen LogP contribution < -0.4 is 20.3 Å². The number of hydrogen-bond donors (Lipinski definition) is 1. The third-order valence-electron chi connectivity index (χ3n) is 3.96. The van der Waals surface area contributed by atoms with E-state index in [0.717, 1.165) is 0 Å². The van der Waals surface area contributed by atoms with Gasteiger partial charge >= 0.3 is 0 Å². The molecule has 1 amide bonds. The lowest BCUT2D eigenvalue weighted by Crippen LogP contribution is -2.27. The Kier molecular flexibility index (Phi) is 5.51. The molecular weight excluding hydrogens is 346 g/mol. The van der Waals surface area contributed by atoms with Gasteiger partial charge in [0.25, 0.3) is 5.56 Å². The molecule has 0 bridgehead atoms. The topological polar surface area (TPSA) is 82.4 Å². The molecule has 0 aliphatic rings. The minimum absolute atomic E-state index is 0.157. The third-order valence-corrected chi connectivity index (χ3v) is 3.96. The fraction of sp³-hybridized carbons (Fsp3) is 0.150. The highest BCUT2D eigenvalue weighted by molar-refractivity contribution is 5.92. The van der Waals surface area contributed by atoms with Crippen molar-refractivity contribution in [1.29, 1.82) is 0 Å². The summed E-state index contributed by atoms with van der Waals surface area (Å²) in [4.78, 5) is 29.0. The van der Waals surface area contributed by atoms with Crippen molar-refractivity contribution in [1.82, 2.24) is 9.55 Å². The molecule has 0 aliphatic carbocycles. The molecule has 1 heterocycles. The Bertz CT molecular complexity index is 1010. The number of para-hydroxylation sites is 3. The molecule has 1 N–H and O–H groups in total. The average molecular weight is 365 g/mol. The molecule has 7 heteroatoms. The van der Waals surface area contributed by atoms with Crippen molar-refractivity contribution in [3.63, 3.8) is 0 Å². The maximum Gasteiger partial charge on any atom is 0.254 e. The molecule has 0 atom stereocenters. The van der Waals surface area contributed by atoms with Crippen molar-refractivity contribution in [2.75, 3.05) is 19.5 Å².